The number of para-hydroxylation sites is 1. The molecule has 0 fully saturated rings. The highest BCUT2D eigenvalue weighted by atomic mass is 32.2. The highest BCUT2D eigenvalue weighted by Gasteiger charge is 2.34. The van der Waals surface area contributed by atoms with E-state index in [4.69, 9.17) is 0 Å². The molecule has 0 radical (unpaired) electrons. The monoisotopic (exact) mass is 323 g/mol. The van der Waals surface area contributed by atoms with Crippen LogP contribution in [0.3, 0.4) is 0 Å². The fourth-order valence-electron chi connectivity index (χ4n) is 3.26. The van der Waals surface area contributed by atoms with Gasteiger partial charge in [-0.2, -0.15) is 0 Å². The summed E-state index contributed by atoms with van der Waals surface area (Å²) in [6, 6.07) is 20.9. The highest BCUT2D eigenvalue weighted by Crippen LogP contribution is 2.39. The Balaban J connectivity index is 1.84. The van der Waals surface area contributed by atoms with Crippen molar-refractivity contribution in [3.8, 4) is 0 Å². The van der Waals surface area contributed by atoms with Crippen LogP contribution in [0.5, 0.6) is 0 Å². The molecule has 0 spiro atoms. The summed E-state index contributed by atoms with van der Waals surface area (Å²) in [4.78, 5) is 0.347. The van der Waals surface area contributed by atoms with Gasteiger partial charge in [-0.15, -0.1) is 0 Å². The highest BCUT2D eigenvalue weighted by molar-refractivity contribution is 7.92. The van der Waals surface area contributed by atoms with Gasteiger partial charge in [-0.1, -0.05) is 55.5 Å². The second-order valence-corrected chi connectivity index (χ2v) is 7.87. The molecule has 3 aromatic carbocycles. The van der Waals surface area contributed by atoms with Crippen molar-refractivity contribution in [2.24, 2.45) is 0 Å². The first-order valence-corrected chi connectivity index (χ1v) is 9.12. The number of nitrogens with zero attached hydrogens (tertiary/aromatic N) is 1. The molecule has 0 bridgehead atoms. The van der Waals surface area contributed by atoms with Gasteiger partial charge in [-0.05, 0) is 34.5 Å². The maximum absolute atomic E-state index is 13.1. The van der Waals surface area contributed by atoms with E-state index in [1.165, 1.54) is 4.31 Å². The number of hydrogen-bond donors (Lipinski definition) is 0. The smallest absolute Gasteiger partial charge is 0.264 e. The average Bonchev–Trinajstić information content (AvgIpc) is 2.92. The molecule has 0 saturated carbocycles. The van der Waals surface area contributed by atoms with Crippen molar-refractivity contribution in [3.05, 3.63) is 72.3 Å². The first kappa shape index (κ1) is 14.3. The zero-order valence-electron chi connectivity index (χ0n) is 12.8. The lowest BCUT2D eigenvalue weighted by atomic mass is 10.0. The van der Waals surface area contributed by atoms with Crippen LogP contribution in [0, 0.1) is 0 Å². The fourth-order valence-corrected chi connectivity index (χ4v) is 4.87. The van der Waals surface area contributed by atoms with Gasteiger partial charge in [-0.3, -0.25) is 4.31 Å². The van der Waals surface area contributed by atoms with Crippen molar-refractivity contribution >= 4 is 26.5 Å². The number of rotatable bonds is 2. The van der Waals surface area contributed by atoms with Gasteiger partial charge < -0.3 is 0 Å². The summed E-state index contributed by atoms with van der Waals surface area (Å²) in [6.07, 6.45) is 0. The van der Waals surface area contributed by atoms with Crippen molar-refractivity contribution in [1.82, 2.24) is 0 Å². The topological polar surface area (TPSA) is 37.4 Å². The molecule has 116 valence electrons. The van der Waals surface area contributed by atoms with E-state index in [0.29, 0.717) is 11.4 Å². The quantitative estimate of drug-likeness (QED) is 0.710. The van der Waals surface area contributed by atoms with Crippen LogP contribution in [0.25, 0.3) is 10.8 Å². The molecule has 4 rings (SSSR count). The van der Waals surface area contributed by atoms with E-state index < -0.39 is 10.0 Å². The lowest BCUT2D eigenvalue weighted by Gasteiger charge is -2.20. The van der Waals surface area contributed by atoms with E-state index in [1.807, 2.05) is 54.6 Å². The Hall–Kier alpha value is -2.33. The van der Waals surface area contributed by atoms with Crippen LogP contribution in [-0.2, 0) is 10.0 Å². The van der Waals surface area contributed by atoms with E-state index in [1.54, 1.807) is 12.1 Å². The van der Waals surface area contributed by atoms with Crippen LogP contribution >= 0.6 is 0 Å². The molecule has 1 aliphatic rings. The van der Waals surface area contributed by atoms with E-state index in [-0.39, 0.29) is 5.92 Å². The predicted molar refractivity (Wildman–Crippen MR) is 93.3 cm³/mol. The molecule has 1 unspecified atom stereocenters. The Morgan fingerprint density at radius 1 is 0.913 bits per heavy atom. The second kappa shape index (κ2) is 5.10. The van der Waals surface area contributed by atoms with Gasteiger partial charge in [0.1, 0.15) is 0 Å². The molecule has 1 heterocycles. The third kappa shape index (κ3) is 2.21. The van der Waals surface area contributed by atoms with Crippen LogP contribution in [0.15, 0.2) is 71.6 Å². The molecule has 0 N–H and O–H groups in total. The first-order valence-electron chi connectivity index (χ1n) is 7.68. The van der Waals surface area contributed by atoms with Crippen molar-refractivity contribution in [2.75, 3.05) is 10.8 Å². The van der Waals surface area contributed by atoms with Gasteiger partial charge in [0, 0.05) is 12.5 Å². The van der Waals surface area contributed by atoms with E-state index >= 15 is 0 Å². The zero-order valence-corrected chi connectivity index (χ0v) is 13.6. The third-order valence-corrected chi connectivity index (χ3v) is 6.26. The van der Waals surface area contributed by atoms with Crippen LogP contribution in [-0.4, -0.2) is 15.0 Å². The Morgan fingerprint density at radius 2 is 1.61 bits per heavy atom. The van der Waals surface area contributed by atoms with Gasteiger partial charge >= 0.3 is 0 Å². The van der Waals surface area contributed by atoms with Crippen LogP contribution < -0.4 is 4.31 Å². The Morgan fingerprint density at radius 3 is 2.43 bits per heavy atom. The molecule has 0 saturated heterocycles. The summed E-state index contributed by atoms with van der Waals surface area (Å²) in [6.45, 7) is 2.56. The van der Waals surface area contributed by atoms with Gasteiger partial charge in [0.15, 0.2) is 0 Å². The largest absolute Gasteiger partial charge is 0.265 e. The summed E-state index contributed by atoms with van der Waals surface area (Å²) in [7, 11) is -3.54. The Kier molecular flexibility index (Phi) is 3.16. The number of anilines is 1. The maximum Gasteiger partial charge on any atom is 0.264 e. The number of hydrogen-bond acceptors (Lipinski definition) is 2. The van der Waals surface area contributed by atoms with Gasteiger partial charge in [0.2, 0.25) is 0 Å². The van der Waals surface area contributed by atoms with E-state index in [9.17, 15) is 8.42 Å². The first-order chi connectivity index (χ1) is 11.1. The number of benzene rings is 3. The van der Waals surface area contributed by atoms with E-state index in [2.05, 4.69) is 6.92 Å². The SMILES string of the molecule is CC1CN(S(=O)(=O)c2ccc3ccccc3c2)c2ccccc21. The van der Waals surface area contributed by atoms with Crippen molar-refractivity contribution in [3.63, 3.8) is 0 Å². The normalized spacial score (nSPS) is 17.4. The Labute approximate surface area is 136 Å². The average molecular weight is 323 g/mol. The zero-order chi connectivity index (χ0) is 16.0. The second-order valence-electron chi connectivity index (χ2n) is 6.00. The van der Waals surface area contributed by atoms with Crippen LogP contribution in [0.1, 0.15) is 18.4 Å². The minimum Gasteiger partial charge on any atom is -0.265 e. The summed E-state index contributed by atoms with van der Waals surface area (Å²) >= 11 is 0. The van der Waals surface area contributed by atoms with Crippen LogP contribution in [0.4, 0.5) is 5.69 Å². The molecule has 1 aliphatic heterocycles. The fraction of sp³-hybridized carbons (Fsp3) is 0.158. The summed E-state index contributed by atoms with van der Waals surface area (Å²) < 4.78 is 27.8. The number of fused-ring (bicyclic) bond motifs is 2. The summed E-state index contributed by atoms with van der Waals surface area (Å²) in [5.41, 5.74) is 1.89. The maximum atomic E-state index is 13.1. The molecule has 0 aromatic heterocycles. The standard InChI is InChI=1S/C19H17NO2S/c1-14-13-20(19-9-5-4-8-18(14)19)23(21,22)17-11-10-15-6-2-3-7-16(15)12-17/h2-12,14H,13H2,1H3. The van der Waals surface area contributed by atoms with Crippen molar-refractivity contribution in [1.29, 1.82) is 0 Å². The molecule has 4 heteroatoms. The van der Waals surface area contributed by atoms with Crippen LogP contribution in [0.2, 0.25) is 0 Å². The van der Waals surface area contributed by atoms with Gasteiger partial charge in [-0.25, -0.2) is 8.42 Å². The Bertz CT molecular complexity index is 995. The van der Waals surface area contributed by atoms with Gasteiger partial charge in [0.25, 0.3) is 10.0 Å². The predicted octanol–water partition coefficient (Wildman–Crippen LogP) is 4.15. The molecular formula is C19H17NO2S. The molecule has 1 atom stereocenters. The van der Waals surface area contributed by atoms with Crippen molar-refractivity contribution < 1.29 is 8.42 Å². The number of sulfonamides is 1. The molecule has 3 aromatic rings. The molecule has 3 nitrogen and oxygen atoms in total. The van der Waals surface area contributed by atoms with Crippen molar-refractivity contribution in [2.45, 2.75) is 17.7 Å². The summed E-state index contributed by atoms with van der Waals surface area (Å²) in [5.74, 6) is 0.210. The molecule has 0 amide bonds. The minimum atomic E-state index is -3.54. The molecule has 23 heavy (non-hydrogen) atoms. The van der Waals surface area contributed by atoms with E-state index in [0.717, 1.165) is 22.0 Å². The lowest BCUT2D eigenvalue weighted by Crippen LogP contribution is -2.29. The lowest BCUT2D eigenvalue weighted by molar-refractivity contribution is 0.590. The summed E-state index contributed by atoms with van der Waals surface area (Å²) in [5, 5.41) is 1.98. The third-order valence-electron chi connectivity index (χ3n) is 4.48. The molecule has 0 aliphatic carbocycles. The van der Waals surface area contributed by atoms with Gasteiger partial charge in [0.05, 0.1) is 10.6 Å². The molecular weight excluding hydrogens is 306 g/mol. The minimum absolute atomic E-state index is 0.210.